The molecule has 1 aromatic rings. The van der Waals surface area contributed by atoms with E-state index in [1.54, 1.807) is 24.3 Å². The van der Waals surface area contributed by atoms with Crippen molar-refractivity contribution in [1.29, 1.82) is 5.26 Å². The molecule has 82 valence electrons. The summed E-state index contributed by atoms with van der Waals surface area (Å²) in [5.41, 5.74) is 0. The maximum Gasteiger partial charge on any atom is 0.413 e. The van der Waals surface area contributed by atoms with Gasteiger partial charge in [-0.1, -0.05) is 0 Å². The molecule has 1 N–H and O–H groups in total. The number of nitrogens with zero attached hydrogens (tertiary/aromatic N) is 1. The van der Waals surface area contributed by atoms with Crippen molar-refractivity contribution < 1.29 is 19.0 Å². The predicted octanol–water partition coefficient (Wildman–Crippen LogP) is 1.03. The molecule has 0 bridgehead atoms. The van der Waals surface area contributed by atoms with Gasteiger partial charge in [0.25, 0.3) is 0 Å². The monoisotopic (exact) mass is 220 g/mol. The number of rotatable bonds is 2. The average Bonchev–Trinajstić information content (AvgIpc) is 2.73. The van der Waals surface area contributed by atoms with Gasteiger partial charge in [-0.2, -0.15) is 5.26 Å². The maximum atomic E-state index is 11.1. The molecule has 0 unspecified atom stereocenters. The third-order valence-electron chi connectivity index (χ3n) is 1.87. The molecule has 1 aromatic carbocycles. The average molecular weight is 220 g/mol. The molecule has 0 saturated heterocycles. The molecule has 1 aliphatic heterocycles. The highest BCUT2D eigenvalue weighted by atomic mass is 16.7. The van der Waals surface area contributed by atoms with Crippen molar-refractivity contribution in [2.24, 2.45) is 0 Å². The van der Waals surface area contributed by atoms with E-state index in [1.165, 1.54) is 0 Å². The van der Waals surface area contributed by atoms with Gasteiger partial charge in [0.2, 0.25) is 6.79 Å². The minimum absolute atomic E-state index is 0.0939. The Morgan fingerprint density at radius 3 is 3.12 bits per heavy atom. The summed E-state index contributed by atoms with van der Waals surface area (Å²) in [5, 5.41) is 10.5. The van der Waals surface area contributed by atoms with Gasteiger partial charge >= 0.3 is 6.09 Å². The molecule has 1 heterocycles. The van der Waals surface area contributed by atoms with Crippen LogP contribution in [0.1, 0.15) is 0 Å². The van der Waals surface area contributed by atoms with Crippen LogP contribution in [0.3, 0.4) is 0 Å². The fourth-order valence-corrected chi connectivity index (χ4v) is 1.20. The van der Waals surface area contributed by atoms with Crippen LogP contribution >= 0.6 is 0 Å². The van der Waals surface area contributed by atoms with Crippen LogP contribution in [0.5, 0.6) is 17.2 Å². The molecular weight excluding hydrogens is 212 g/mol. The van der Waals surface area contributed by atoms with E-state index in [1.807, 2.05) is 0 Å². The van der Waals surface area contributed by atoms with Gasteiger partial charge in [-0.25, -0.2) is 4.79 Å². The van der Waals surface area contributed by atoms with E-state index in [0.717, 1.165) is 0 Å². The first-order valence-electron chi connectivity index (χ1n) is 4.52. The van der Waals surface area contributed by atoms with Crippen molar-refractivity contribution in [1.82, 2.24) is 5.32 Å². The van der Waals surface area contributed by atoms with E-state index >= 15 is 0 Å². The number of ether oxygens (including phenoxy) is 3. The molecule has 0 aliphatic carbocycles. The molecule has 2 rings (SSSR count). The van der Waals surface area contributed by atoms with Crippen molar-refractivity contribution in [3.05, 3.63) is 18.2 Å². The second-order valence-corrected chi connectivity index (χ2v) is 2.92. The Labute approximate surface area is 91.3 Å². The van der Waals surface area contributed by atoms with Crippen LogP contribution in [0.15, 0.2) is 18.2 Å². The van der Waals surface area contributed by atoms with Gasteiger partial charge in [0.15, 0.2) is 11.5 Å². The molecule has 0 saturated carbocycles. The fraction of sp³-hybridized carbons (Fsp3) is 0.200. The van der Waals surface area contributed by atoms with Crippen LogP contribution in [0, 0.1) is 11.3 Å². The zero-order valence-corrected chi connectivity index (χ0v) is 8.23. The molecule has 0 aromatic heterocycles. The summed E-state index contributed by atoms with van der Waals surface area (Å²) in [6.07, 6.45) is -0.680. The van der Waals surface area contributed by atoms with Crippen molar-refractivity contribution in [3.8, 4) is 23.3 Å². The molecule has 0 radical (unpaired) electrons. The van der Waals surface area contributed by atoms with E-state index in [4.69, 9.17) is 19.5 Å². The smallest absolute Gasteiger partial charge is 0.413 e. The number of nitrogens with one attached hydrogen (secondary N) is 1. The second kappa shape index (κ2) is 4.40. The number of hydrogen-bond donors (Lipinski definition) is 1. The van der Waals surface area contributed by atoms with Gasteiger partial charge in [-0.05, 0) is 12.1 Å². The number of hydrogen-bond acceptors (Lipinski definition) is 5. The second-order valence-electron chi connectivity index (χ2n) is 2.92. The Kier molecular flexibility index (Phi) is 2.78. The molecule has 1 aliphatic rings. The Bertz CT molecular complexity index is 453. The van der Waals surface area contributed by atoms with Gasteiger partial charge < -0.3 is 19.5 Å². The summed E-state index contributed by atoms with van der Waals surface area (Å²) in [5.74, 6) is 1.48. The van der Waals surface area contributed by atoms with Crippen LogP contribution in [-0.2, 0) is 0 Å². The maximum absolute atomic E-state index is 11.1. The van der Waals surface area contributed by atoms with Crippen LogP contribution in [-0.4, -0.2) is 19.4 Å². The molecular formula is C10H8N2O4. The van der Waals surface area contributed by atoms with Gasteiger partial charge in [0.05, 0.1) is 6.07 Å². The molecule has 0 fully saturated rings. The minimum Gasteiger partial charge on any atom is -0.454 e. The summed E-state index contributed by atoms with van der Waals surface area (Å²) in [7, 11) is 0. The summed E-state index contributed by atoms with van der Waals surface area (Å²) in [6, 6.07) is 6.55. The molecule has 6 nitrogen and oxygen atoms in total. The van der Waals surface area contributed by atoms with Gasteiger partial charge in [-0.15, -0.1) is 0 Å². The van der Waals surface area contributed by atoms with Crippen molar-refractivity contribution in [2.45, 2.75) is 0 Å². The lowest BCUT2D eigenvalue weighted by molar-refractivity contribution is 0.174. The van der Waals surface area contributed by atoms with E-state index in [2.05, 4.69) is 5.32 Å². The van der Waals surface area contributed by atoms with Crippen molar-refractivity contribution >= 4 is 6.09 Å². The quantitative estimate of drug-likeness (QED) is 0.753. The fourth-order valence-electron chi connectivity index (χ4n) is 1.20. The largest absolute Gasteiger partial charge is 0.454 e. The molecule has 0 spiro atoms. The molecule has 0 atom stereocenters. The lowest BCUT2D eigenvalue weighted by atomic mass is 10.3. The van der Waals surface area contributed by atoms with Crippen LogP contribution in [0.2, 0.25) is 0 Å². The summed E-state index contributed by atoms with van der Waals surface area (Å²) >= 11 is 0. The van der Waals surface area contributed by atoms with E-state index in [0.29, 0.717) is 17.2 Å². The zero-order valence-electron chi connectivity index (χ0n) is 8.23. The highest BCUT2D eigenvalue weighted by molar-refractivity contribution is 5.71. The minimum atomic E-state index is -0.680. The first-order chi connectivity index (χ1) is 7.79. The lowest BCUT2D eigenvalue weighted by Crippen LogP contribution is -2.26. The number of carbonyl (C=O) groups excluding carboxylic acids is 1. The zero-order chi connectivity index (χ0) is 11.4. The number of benzene rings is 1. The molecule has 1 amide bonds. The highest BCUT2D eigenvalue weighted by Crippen LogP contribution is 2.34. The summed E-state index contributed by atoms with van der Waals surface area (Å²) < 4.78 is 15.1. The van der Waals surface area contributed by atoms with Gasteiger partial charge in [0.1, 0.15) is 12.3 Å². The van der Waals surface area contributed by atoms with Crippen molar-refractivity contribution in [3.63, 3.8) is 0 Å². The highest BCUT2D eigenvalue weighted by Gasteiger charge is 2.14. The predicted molar refractivity (Wildman–Crippen MR) is 52.2 cm³/mol. The number of fused-ring (bicyclic) bond motifs is 1. The van der Waals surface area contributed by atoms with Crippen LogP contribution in [0.25, 0.3) is 0 Å². The Balaban J connectivity index is 2.00. The van der Waals surface area contributed by atoms with Gasteiger partial charge in [0, 0.05) is 6.07 Å². The Morgan fingerprint density at radius 1 is 1.50 bits per heavy atom. The number of nitriles is 1. The van der Waals surface area contributed by atoms with Crippen molar-refractivity contribution in [2.75, 3.05) is 13.3 Å². The molecule has 6 heteroatoms. The third-order valence-corrected chi connectivity index (χ3v) is 1.87. The van der Waals surface area contributed by atoms with Crippen LogP contribution in [0.4, 0.5) is 4.79 Å². The first kappa shape index (κ1) is 10.1. The standard InChI is InChI=1S/C10H8N2O4/c11-3-4-12-10(13)16-7-1-2-8-9(5-7)15-6-14-8/h1-2,5H,4,6H2,(H,12,13). The first-order valence-corrected chi connectivity index (χ1v) is 4.52. The van der Waals surface area contributed by atoms with Gasteiger partial charge in [-0.3, -0.25) is 0 Å². The Hall–Kier alpha value is -2.42. The van der Waals surface area contributed by atoms with E-state index < -0.39 is 6.09 Å². The normalized spacial score (nSPS) is 11.7. The van der Waals surface area contributed by atoms with E-state index in [9.17, 15) is 4.79 Å². The lowest BCUT2D eigenvalue weighted by Gasteiger charge is -2.04. The topological polar surface area (TPSA) is 80.6 Å². The van der Waals surface area contributed by atoms with Crippen LogP contribution < -0.4 is 19.5 Å². The summed E-state index contributed by atoms with van der Waals surface area (Å²) in [4.78, 5) is 11.1. The van der Waals surface area contributed by atoms with E-state index in [-0.39, 0.29) is 13.3 Å². The SMILES string of the molecule is N#CCNC(=O)Oc1ccc2c(c1)OCO2. The Morgan fingerprint density at radius 2 is 2.31 bits per heavy atom. The number of carbonyl (C=O) groups is 1. The number of amides is 1. The third kappa shape index (κ3) is 2.15. The molecule has 16 heavy (non-hydrogen) atoms. The summed E-state index contributed by atoms with van der Waals surface area (Å²) in [6.45, 7) is 0.0722.